The number of nitrogens with zero attached hydrogens (tertiary/aromatic N) is 1. The van der Waals surface area contributed by atoms with E-state index in [1.165, 1.54) is 24.3 Å². The molecule has 1 aromatic carbocycles. The number of hydrogen-bond acceptors (Lipinski definition) is 5. The summed E-state index contributed by atoms with van der Waals surface area (Å²) in [7, 11) is 0. The Morgan fingerprint density at radius 1 is 1.23 bits per heavy atom. The molecule has 1 N–H and O–H groups in total. The van der Waals surface area contributed by atoms with Crippen molar-refractivity contribution in [2.24, 2.45) is 0 Å². The second-order valence-electron chi connectivity index (χ2n) is 6.06. The number of para-hydroxylation sites is 1. The Labute approximate surface area is 149 Å². The summed E-state index contributed by atoms with van der Waals surface area (Å²) in [6.45, 7) is 4.23. The maximum atomic E-state index is 11.7. The fourth-order valence-corrected chi connectivity index (χ4v) is 2.80. The van der Waals surface area contributed by atoms with Gasteiger partial charge < -0.3 is 19.7 Å². The monoisotopic (exact) mass is 374 g/mol. The van der Waals surface area contributed by atoms with Crippen LogP contribution in [0, 0.1) is 0 Å². The van der Waals surface area contributed by atoms with Gasteiger partial charge in [0.25, 0.3) is 0 Å². The number of rotatable bonds is 2. The molecule has 9 heteroatoms. The van der Waals surface area contributed by atoms with Gasteiger partial charge in [0.05, 0.1) is 12.2 Å². The van der Waals surface area contributed by atoms with E-state index in [2.05, 4.69) is 10.1 Å². The zero-order chi connectivity index (χ0) is 19.0. The van der Waals surface area contributed by atoms with Crippen molar-refractivity contribution in [1.29, 1.82) is 0 Å². The molecule has 0 bridgehead atoms. The van der Waals surface area contributed by atoms with Crippen molar-refractivity contribution in [2.75, 3.05) is 32.8 Å². The summed E-state index contributed by atoms with van der Waals surface area (Å²) < 4.78 is 44.8. The van der Waals surface area contributed by atoms with Crippen LogP contribution in [0.4, 0.5) is 13.2 Å². The summed E-state index contributed by atoms with van der Waals surface area (Å²) in [4.78, 5) is 22.8. The van der Waals surface area contributed by atoms with Crippen molar-refractivity contribution >= 4 is 12.4 Å². The summed E-state index contributed by atoms with van der Waals surface area (Å²) in [5, 5.41) is 3.30. The standard InChI is InChI=1S/C9H16N2O2.C8H5F3O2/c12-8-11-5-6-13-9(7-11)1-3-10-4-2-9;9-8(10,11)7(12)13-6-4-2-1-3-5-6/h8,10H,1-7H2;1-5H. The van der Waals surface area contributed by atoms with Crippen LogP contribution in [-0.4, -0.2) is 61.8 Å². The van der Waals surface area contributed by atoms with Gasteiger partial charge in [0, 0.05) is 13.1 Å². The van der Waals surface area contributed by atoms with Gasteiger partial charge in [-0.15, -0.1) is 0 Å². The molecule has 2 fully saturated rings. The molecule has 1 aromatic rings. The van der Waals surface area contributed by atoms with Crippen LogP contribution >= 0.6 is 0 Å². The van der Waals surface area contributed by atoms with Crippen molar-refractivity contribution in [3.63, 3.8) is 0 Å². The highest BCUT2D eigenvalue weighted by Crippen LogP contribution is 2.26. The van der Waals surface area contributed by atoms with Gasteiger partial charge in [0.1, 0.15) is 5.75 Å². The maximum Gasteiger partial charge on any atom is 0.491 e. The molecule has 144 valence electrons. The van der Waals surface area contributed by atoms with Crippen molar-refractivity contribution in [1.82, 2.24) is 10.2 Å². The number of halogens is 3. The molecule has 26 heavy (non-hydrogen) atoms. The number of benzene rings is 1. The molecule has 2 heterocycles. The number of piperidine rings is 1. The second-order valence-corrected chi connectivity index (χ2v) is 6.06. The van der Waals surface area contributed by atoms with Crippen LogP contribution < -0.4 is 10.1 Å². The lowest BCUT2D eigenvalue weighted by Crippen LogP contribution is -2.55. The number of morpholine rings is 1. The van der Waals surface area contributed by atoms with Crippen LogP contribution in [0.15, 0.2) is 30.3 Å². The Kier molecular flexibility index (Phi) is 6.98. The molecule has 0 unspecified atom stereocenters. The number of hydrogen-bond donors (Lipinski definition) is 1. The zero-order valence-electron chi connectivity index (χ0n) is 14.1. The van der Waals surface area contributed by atoms with Gasteiger partial charge in [0.2, 0.25) is 6.41 Å². The van der Waals surface area contributed by atoms with Gasteiger partial charge >= 0.3 is 12.1 Å². The van der Waals surface area contributed by atoms with Crippen LogP contribution in [0.1, 0.15) is 12.8 Å². The minimum absolute atomic E-state index is 0.0373. The third kappa shape index (κ3) is 5.99. The SMILES string of the molecule is O=C(Oc1ccccc1)C(F)(F)F.O=CN1CCOC2(CCNCC2)C1. The number of esters is 1. The lowest BCUT2D eigenvalue weighted by Gasteiger charge is -2.43. The molecule has 2 aliphatic rings. The fraction of sp³-hybridized carbons (Fsp3) is 0.529. The first kappa shape index (κ1) is 20.2. The van der Waals surface area contributed by atoms with E-state index < -0.39 is 12.1 Å². The fourth-order valence-electron chi connectivity index (χ4n) is 2.80. The topological polar surface area (TPSA) is 67.9 Å². The second kappa shape index (κ2) is 9.00. The van der Waals surface area contributed by atoms with Crippen molar-refractivity contribution in [3.8, 4) is 5.75 Å². The average molecular weight is 374 g/mol. The highest BCUT2D eigenvalue weighted by molar-refractivity contribution is 5.78. The molecule has 0 radical (unpaired) electrons. The number of carbonyl (C=O) groups excluding carboxylic acids is 2. The van der Waals surface area contributed by atoms with E-state index in [-0.39, 0.29) is 11.4 Å². The highest BCUT2D eigenvalue weighted by Gasteiger charge is 2.41. The molecular weight excluding hydrogens is 353 g/mol. The molecular formula is C17H21F3N2O4. The lowest BCUT2D eigenvalue weighted by atomic mass is 9.90. The van der Waals surface area contributed by atoms with Crippen LogP contribution in [-0.2, 0) is 14.3 Å². The maximum absolute atomic E-state index is 11.7. The van der Waals surface area contributed by atoms with Gasteiger partial charge in [-0.2, -0.15) is 13.2 Å². The molecule has 2 saturated heterocycles. The normalized spacial score (nSPS) is 19.3. The van der Waals surface area contributed by atoms with Crippen LogP contribution in [0.25, 0.3) is 0 Å². The van der Waals surface area contributed by atoms with E-state index in [1.54, 1.807) is 6.07 Å². The van der Waals surface area contributed by atoms with E-state index in [9.17, 15) is 22.8 Å². The molecule has 6 nitrogen and oxygen atoms in total. The number of amides is 1. The Balaban J connectivity index is 0.000000187. The van der Waals surface area contributed by atoms with Gasteiger partial charge in [0.15, 0.2) is 0 Å². The number of nitrogens with one attached hydrogen (secondary N) is 1. The Bertz CT molecular complexity index is 584. The van der Waals surface area contributed by atoms with E-state index in [1.807, 2.05) is 4.90 Å². The summed E-state index contributed by atoms with van der Waals surface area (Å²) in [6.07, 6.45) is -1.96. The third-order valence-electron chi connectivity index (χ3n) is 4.13. The predicted octanol–water partition coefficient (Wildman–Crippen LogP) is 1.75. The summed E-state index contributed by atoms with van der Waals surface area (Å²) in [5.41, 5.74) is -0.0373. The summed E-state index contributed by atoms with van der Waals surface area (Å²) in [5.74, 6) is -2.33. The molecule has 0 aromatic heterocycles. The molecule has 3 rings (SSSR count). The summed E-state index contributed by atoms with van der Waals surface area (Å²) in [6, 6.07) is 7.08. The van der Waals surface area contributed by atoms with Crippen molar-refractivity contribution in [2.45, 2.75) is 24.6 Å². The minimum atomic E-state index is -4.95. The Morgan fingerprint density at radius 3 is 2.46 bits per heavy atom. The smallest absolute Gasteiger partial charge is 0.420 e. The number of alkyl halides is 3. The molecule has 1 amide bonds. The first-order valence-corrected chi connectivity index (χ1v) is 8.23. The van der Waals surface area contributed by atoms with Crippen molar-refractivity contribution in [3.05, 3.63) is 30.3 Å². The van der Waals surface area contributed by atoms with E-state index in [4.69, 9.17) is 4.74 Å². The average Bonchev–Trinajstić information content (AvgIpc) is 2.63. The van der Waals surface area contributed by atoms with E-state index >= 15 is 0 Å². The van der Waals surface area contributed by atoms with Crippen LogP contribution in [0.3, 0.4) is 0 Å². The first-order valence-electron chi connectivity index (χ1n) is 8.23. The predicted molar refractivity (Wildman–Crippen MR) is 86.6 cm³/mol. The Morgan fingerprint density at radius 2 is 1.88 bits per heavy atom. The first-order chi connectivity index (χ1) is 12.3. The molecule has 0 saturated carbocycles. The summed E-state index contributed by atoms with van der Waals surface area (Å²) >= 11 is 0. The van der Waals surface area contributed by atoms with E-state index in [0.717, 1.165) is 45.4 Å². The van der Waals surface area contributed by atoms with Gasteiger partial charge in [-0.05, 0) is 38.1 Å². The molecule has 1 spiro atoms. The van der Waals surface area contributed by atoms with Crippen molar-refractivity contribution < 1.29 is 32.2 Å². The van der Waals surface area contributed by atoms with Gasteiger partial charge in [-0.1, -0.05) is 18.2 Å². The van der Waals surface area contributed by atoms with Crippen LogP contribution in [0.2, 0.25) is 0 Å². The largest absolute Gasteiger partial charge is 0.491 e. The number of carbonyl (C=O) groups is 2. The highest BCUT2D eigenvalue weighted by atomic mass is 19.4. The zero-order valence-corrected chi connectivity index (χ0v) is 14.1. The van der Waals surface area contributed by atoms with E-state index in [0.29, 0.717) is 6.61 Å². The molecule has 0 atom stereocenters. The Hall–Kier alpha value is -2.13. The van der Waals surface area contributed by atoms with Gasteiger partial charge in [-0.3, -0.25) is 4.79 Å². The lowest BCUT2D eigenvalue weighted by molar-refractivity contribution is -0.189. The molecule has 0 aliphatic carbocycles. The van der Waals surface area contributed by atoms with Crippen LogP contribution in [0.5, 0.6) is 5.75 Å². The third-order valence-corrected chi connectivity index (χ3v) is 4.13. The minimum Gasteiger partial charge on any atom is -0.420 e. The molecule has 2 aliphatic heterocycles. The van der Waals surface area contributed by atoms with Gasteiger partial charge in [-0.25, -0.2) is 4.79 Å². The quantitative estimate of drug-likeness (QED) is 0.485. The number of ether oxygens (including phenoxy) is 2.